The van der Waals surface area contributed by atoms with Crippen molar-refractivity contribution in [3.8, 4) is 11.5 Å². The Bertz CT molecular complexity index is 569. The summed E-state index contributed by atoms with van der Waals surface area (Å²) in [5.41, 5.74) is 1.08. The maximum Gasteiger partial charge on any atom is 0.335 e. The Morgan fingerprint density at radius 1 is 1.32 bits per heavy atom. The van der Waals surface area contributed by atoms with Crippen LogP contribution in [0.4, 0.5) is 0 Å². The van der Waals surface area contributed by atoms with E-state index in [0.29, 0.717) is 18.1 Å². The highest BCUT2D eigenvalue weighted by Crippen LogP contribution is 2.28. The summed E-state index contributed by atoms with van der Waals surface area (Å²) in [4.78, 5) is 14.8. The molecule has 1 aromatic carbocycles. The standard InChI is InChI=1S/C14H13NO4/c1-18-13-7-11(14(16)17)4-5-12(13)19-9-10-3-2-6-15-8-10/h2-8H,9H2,1H3,(H,16,17). The van der Waals surface area contributed by atoms with E-state index in [4.69, 9.17) is 14.6 Å². The Hall–Kier alpha value is -2.56. The third kappa shape index (κ3) is 3.22. The van der Waals surface area contributed by atoms with Crippen molar-refractivity contribution in [2.75, 3.05) is 7.11 Å². The smallest absolute Gasteiger partial charge is 0.335 e. The van der Waals surface area contributed by atoms with E-state index >= 15 is 0 Å². The number of aromatic carboxylic acids is 1. The van der Waals surface area contributed by atoms with Crippen LogP contribution >= 0.6 is 0 Å². The van der Waals surface area contributed by atoms with Gasteiger partial charge in [-0.25, -0.2) is 4.79 Å². The quantitative estimate of drug-likeness (QED) is 0.892. The van der Waals surface area contributed by atoms with E-state index in [1.807, 2.05) is 12.1 Å². The second kappa shape index (κ2) is 5.86. The maximum absolute atomic E-state index is 10.9. The van der Waals surface area contributed by atoms with Crippen LogP contribution in [0, 0.1) is 0 Å². The molecule has 0 amide bonds. The number of benzene rings is 1. The average molecular weight is 259 g/mol. The Labute approximate surface area is 110 Å². The van der Waals surface area contributed by atoms with Gasteiger partial charge in [0.25, 0.3) is 0 Å². The summed E-state index contributed by atoms with van der Waals surface area (Å²) in [6, 6.07) is 8.21. The summed E-state index contributed by atoms with van der Waals surface area (Å²) >= 11 is 0. The summed E-state index contributed by atoms with van der Waals surface area (Å²) in [5.74, 6) is -0.114. The molecule has 0 aliphatic rings. The molecule has 98 valence electrons. The van der Waals surface area contributed by atoms with Crippen LogP contribution in [0.25, 0.3) is 0 Å². The fraction of sp³-hybridized carbons (Fsp3) is 0.143. The summed E-state index contributed by atoms with van der Waals surface area (Å²) in [5, 5.41) is 8.90. The van der Waals surface area contributed by atoms with E-state index in [0.717, 1.165) is 5.56 Å². The summed E-state index contributed by atoms with van der Waals surface area (Å²) in [7, 11) is 1.47. The highest BCUT2D eigenvalue weighted by molar-refractivity contribution is 5.88. The molecule has 0 radical (unpaired) electrons. The Balaban J connectivity index is 2.14. The van der Waals surface area contributed by atoms with Gasteiger partial charge in [-0.1, -0.05) is 6.07 Å². The first-order chi connectivity index (χ1) is 9.20. The number of rotatable bonds is 5. The third-order valence-electron chi connectivity index (χ3n) is 2.53. The summed E-state index contributed by atoms with van der Waals surface area (Å²) < 4.78 is 10.7. The second-order valence-electron chi connectivity index (χ2n) is 3.82. The van der Waals surface area contributed by atoms with Gasteiger partial charge >= 0.3 is 5.97 Å². The van der Waals surface area contributed by atoms with Crippen LogP contribution in [0.3, 0.4) is 0 Å². The first kappa shape index (κ1) is 12.9. The van der Waals surface area contributed by atoms with Gasteiger partial charge in [0.05, 0.1) is 12.7 Å². The molecular weight excluding hydrogens is 246 g/mol. The van der Waals surface area contributed by atoms with Gasteiger partial charge in [0.15, 0.2) is 11.5 Å². The summed E-state index contributed by atoms with van der Waals surface area (Å²) in [6.07, 6.45) is 3.39. The van der Waals surface area contributed by atoms with E-state index in [1.54, 1.807) is 18.5 Å². The summed E-state index contributed by atoms with van der Waals surface area (Å²) in [6.45, 7) is 0.344. The third-order valence-corrected chi connectivity index (χ3v) is 2.53. The van der Waals surface area contributed by atoms with Crippen LogP contribution in [0.1, 0.15) is 15.9 Å². The zero-order valence-electron chi connectivity index (χ0n) is 10.4. The lowest BCUT2D eigenvalue weighted by molar-refractivity contribution is 0.0696. The zero-order valence-corrected chi connectivity index (χ0v) is 10.4. The van der Waals surface area contributed by atoms with Crippen molar-refractivity contribution in [1.29, 1.82) is 0 Å². The number of aromatic nitrogens is 1. The van der Waals surface area contributed by atoms with Crippen molar-refractivity contribution in [2.45, 2.75) is 6.61 Å². The van der Waals surface area contributed by atoms with Crippen molar-refractivity contribution in [3.05, 3.63) is 53.9 Å². The molecule has 0 fully saturated rings. The van der Waals surface area contributed by atoms with E-state index in [9.17, 15) is 4.79 Å². The Morgan fingerprint density at radius 2 is 2.16 bits per heavy atom. The number of carboxylic acids is 1. The topological polar surface area (TPSA) is 68.7 Å². The van der Waals surface area contributed by atoms with Crippen LogP contribution in [0.15, 0.2) is 42.7 Å². The lowest BCUT2D eigenvalue weighted by atomic mass is 10.2. The molecule has 5 heteroatoms. The van der Waals surface area contributed by atoms with Crippen molar-refractivity contribution in [3.63, 3.8) is 0 Å². The lowest BCUT2D eigenvalue weighted by Gasteiger charge is -2.11. The molecule has 0 aliphatic carbocycles. The van der Waals surface area contributed by atoms with Crippen molar-refractivity contribution < 1.29 is 19.4 Å². The molecule has 2 rings (SSSR count). The van der Waals surface area contributed by atoms with Gasteiger partial charge in [0.1, 0.15) is 6.61 Å². The molecule has 1 heterocycles. The van der Waals surface area contributed by atoms with Gasteiger partial charge in [0, 0.05) is 18.0 Å². The molecule has 0 aliphatic heterocycles. The van der Waals surface area contributed by atoms with Crippen LogP contribution in [0.5, 0.6) is 11.5 Å². The molecule has 5 nitrogen and oxygen atoms in total. The van der Waals surface area contributed by atoms with Crippen molar-refractivity contribution in [1.82, 2.24) is 4.98 Å². The lowest BCUT2D eigenvalue weighted by Crippen LogP contribution is -2.01. The number of pyridine rings is 1. The Morgan fingerprint density at radius 3 is 2.79 bits per heavy atom. The Kier molecular flexibility index (Phi) is 3.97. The van der Waals surface area contributed by atoms with Crippen LogP contribution in [-0.4, -0.2) is 23.2 Å². The molecule has 1 aromatic heterocycles. The number of carboxylic acid groups (broad SMARTS) is 1. The monoisotopic (exact) mass is 259 g/mol. The largest absolute Gasteiger partial charge is 0.493 e. The molecule has 2 aromatic rings. The van der Waals surface area contributed by atoms with Gasteiger partial charge in [0.2, 0.25) is 0 Å². The van der Waals surface area contributed by atoms with Gasteiger partial charge < -0.3 is 14.6 Å². The first-order valence-electron chi connectivity index (χ1n) is 5.63. The van der Waals surface area contributed by atoms with E-state index in [1.165, 1.54) is 19.2 Å². The minimum atomic E-state index is -1.00. The molecule has 0 atom stereocenters. The highest BCUT2D eigenvalue weighted by Gasteiger charge is 2.10. The highest BCUT2D eigenvalue weighted by atomic mass is 16.5. The number of hydrogen-bond donors (Lipinski definition) is 1. The fourth-order valence-electron chi connectivity index (χ4n) is 1.56. The molecule has 0 saturated carbocycles. The van der Waals surface area contributed by atoms with E-state index in [-0.39, 0.29) is 5.56 Å². The van der Waals surface area contributed by atoms with Crippen LogP contribution in [0.2, 0.25) is 0 Å². The fourth-order valence-corrected chi connectivity index (χ4v) is 1.56. The predicted octanol–water partition coefficient (Wildman–Crippen LogP) is 2.37. The normalized spacial score (nSPS) is 9.95. The van der Waals surface area contributed by atoms with Crippen LogP contribution < -0.4 is 9.47 Å². The first-order valence-corrected chi connectivity index (χ1v) is 5.63. The minimum Gasteiger partial charge on any atom is -0.493 e. The number of ether oxygens (including phenoxy) is 2. The van der Waals surface area contributed by atoms with Gasteiger partial charge in [-0.2, -0.15) is 0 Å². The van der Waals surface area contributed by atoms with Crippen molar-refractivity contribution in [2.24, 2.45) is 0 Å². The average Bonchev–Trinajstić information content (AvgIpc) is 2.45. The predicted molar refractivity (Wildman–Crippen MR) is 68.5 cm³/mol. The molecule has 0 saturated heterocycles. The molecule has 19 heavy (non-hydrogen) atoms. The molecule has 1 N–H and O–H groups in total. The van der Waals surface area contributed by atoms with E-state index in [2.05, 4.69) is 4.98 Å². The molecule has 0 bridgehead atoms. The molecule has 0 spiro atoms. The van der Waals surface area contributed by atoms with Gasteiger partial charge in [-0.3, -0.25) is 4.98 Å². The maximum atomic E-state index is 10.9. The minimum absolute atomic E-state index is 0.158. The molecule has 0 unspecified atom stereocenters. The number of methoxy groups -OCH3 is 1. The van der Waals surface area contributed by atoms with E-state index < -0.39 is 5.97 Å². The van der Waals surface area contributed by atoms with Gasteiger partial charge in [-0.15, -0.1) is 0 Å². The number of carbonyl (C=O) groups is 1. The SMILES string of the molecule is COc1cc(C(=O)O)ccc1OCc1cccnc1. The number of nitrogens with zero attached hydrogens (tertiary/aromatic N) is 1. The zero-order chi connectivity index (χ0) is 13.7. The molecular formula is C14H13NO4. The second-order valence-corrected chi connectivity index (χ2v) is 3.82. The van der Waals surface area contributed by atoms with Crippen molar-refractivity contribution >= 4 is 5.97 Å². The van der Waals surface area contributed by atoms with Gasteiger partial charge in [-0.05, 0) is 24.3 Å². The van der Waals surface area contributed by atoms with Crippen LogP contribution in [-0.2, 0) is 6.61 Å². The number of hydrogen-bond acceptors (Lipinski definition) is 4.